The summed E-state index contributed by atoms with van der Waals surface area (Å²) in [6.07, 6.45) is 1.69. The lowest BCUT2D eigenvalue weighted by Crippen LogP contribution is -2.03. The molecule has 1 aromatic carbocycles. The summed E-state index contributed by atoms with van der Waals surface area (Å²) in [7, 11) is 0. The van der Waals surface area contributed by atoms with Gasteiger partial charge in [-0.15, -0.1) is 10.2 Å². The van der Waals surface area contributed by atoms with Gasteiger partial charge in [-0.05, 0) is 44.2 Å². The van der Waals surface area contributed by atoms with Gasteiger partial charge >= 0.3 is 0 Å². The Morgan fingerprint density at radius 2 is 1.88 bits per heavy atom. The fraction of sp³-hybridized carbons (Fsp3) is 0.158. The first-order valence-electron chi connectivity index (χ1n) is 8.19. The highest BCUT2D eigenvalue weighted by Gasteiger charge is 2.09. The van der Waals surface area contributed by atoms with E-state index in [4.69, 9.17) is 4.42 Å². The number of aryl methyl sites for hydroxylation is 2. The fourth-order valence-electron chi connectivity index (χ4n) is 2.60. The van der Waals surface area contributed by atoms with Crippen LogP contribution in [0.1, 0.15) is 17.1 Å². The molecule has 0 aliphatic rings. The fourth-order valence-corrected chi connectivity index (χ4v) is 3.29. The van der Waals surface area contributed by atoms with Gasteiger partial charge in [-0.2, -0.15) is 5.10 Å². The number of oxazole rings is 1. The lowest BCUT2D eigenvalue weighted by Gasteiger charge is -2.03. The maximum absolute atomic E-state index is 5.56. The Hall–Kier alpha value is -2.93. The highest BCUT2D eigenvalue weighted by molar-refractivity contribution is 7.98. The van der Waals surface area contributed by atoms with Crippen LogP contribution in [0.25, 0.3) is 17.3 Å². The Bertz CT molecular complexity index is 1010. The average Bonchev–Trinajstić information content (AvgIpc) is 3.27. The third-order valence-corrected chi connectivity index (χ3v) is 4.75. The van der Waals surface area contributed by atoms with Gasteiger partial charge in [-0.25, -0.2) is 9.67 Å². The second-order valence-electron chi connectivity index (χ2n) is 5.87. The van der Waals surface area contributed by atoms with Crippen molar-refractivity contribution in [1.29, 1.82) is 0 Å². The molecule has 6 nitrogen and oxygen atoms in total. The van der Waals surface area contributed by atoms with Crippen molar-refractivity contribution in [3.8, 4) is 17.3 Å². The molecule has 0 spiro atoms. The Kier molecular flexibility index (Phi) is 4.53. The Balaban J connectivity index is 1.42. The number of benzene rings is 1. The molecule has 7 heteroatoms. The summed E-state index contributed by atoms with van der Waals surface area (Å²) < 4.78 is 7.35. The van der Waals surface area contributed by atoms with E-state index in [9.17, 15) is 0 Å². The van der Waals surface area contributed by atoms with Gasteiger partial charge in [0.2, 0.25) is 5.89 Å². The SMILES string of the molecule is Cc1cc(C)n(-c2ccc(SCc3coc(-c4ccccc4)n3)nn2)n1. The predicted octanol–water partition coefficient (Wildman–Crippen LogP) is 4.23. The van der Waals surface area contributed by atoms with E-state index in [1.165, 1.54) is 0 Å². The standard InChI is InChI=1S/C19H17N5OS/c1-13-10-14(2)24(23-13)17-8-9-18(22-21-17)26-12-16-11-25-19(20-16)15-6-4-3-5-7-15/h3-11H,12H2,1-2H3. The molecule has 4 aromatic rings. The van der Waals surface area contributed by atoms with Crippen LogP contribution in [-0.4, -0.2) is 25.0 Å². The third kappa shape index (κ3) is 3.52. The van der Waals surface area contributed by atoms with Crippen molar-refractivity contribution < 1.29 is 4.42 Å². The molecule has 0 aliphatic carbocycles. The molecule has 0 unspecified atom stereocenters. The van der Waals surface area contributed by atoms with Crippen molar-refractivity contribution in [2.24, 2.45) is 0 Å². The van der Waals surface area contributed by atoms with Crippen LogP contribution in [0, 0.1) is 13.8 Å². The predicted molar refractivity (Wildman–Crippen MR) is 100 cm³/mol. The zero-order valence-corrected chi connectivity index (χ0v) is 15.3. The summed E-state index contributed by atoms with van der Waals surface area (Å²) in [5.41, 5.74) is 3.84. The molecule has 0 N–H and O–H groups in total. The van der Waals surface area contributed by atoms with E-state index < -0.39 is 0 Å². The van der Waals surface area contributed by atoms with Crippen LogP contribution in [0.4, 0.5) is 0 Å². The Morgan fingerprint density at radius 3 is 2.58 bits per heavy atom. The van der Waals surface area contributed by atoms with E-state index in [0.29, 0.717) is 17.5 Å². The third-order valence-electron chi connectivity index (χ3n) is 3.79. The molecule has 0 bridgehead atoms. The largest absolute Gasteiger partial charge is 0.444 e. The lowest BCUT2D eigenvalue weighted by molar-refractivity contribution is 0.573. The molecular formula is C19H17N5OS. The van der Waals surface area contributed by atoms with Gasteiger partial charge in [0.1, 0.15) is 11.3 Å². The first kappa shape index (κ1) is 16.5. The average molecular weight is 363 g/mol. The molecule has 130 valence electrons. The monoisotopic (exact) mass is 363 g/mol. The van der Waals surface area contributed by atoms with Gasteiger partial charge in [0.25, 0.3) is 0 Å². The highest BCUT2D eigenvalue weighted by atomic mass is 32.2. The summed E-state index contributed by atoms with van der Waals surface area (Å²) >= 11 is 1.57. The molecule has 0 aliphatic heterocycles. The lowest BCUT2D eigenvalue weighted by atomic mass is 10.2. The van der Waals surface area contributed by atoms with Crippen LogP contribution >= 0.6 is 11.8 Å². The molecule has 0 fully saturated rings. The van der Waals surface area contributed by atoms with E-state index in [2.05, 4.69) is 20.3 Å². The smallest absolute Gasteiger partial charge is 0.226 e. The van der Waals surface area contributed by atoms with Crippen molar-refractivity contribution in [1.82, 2.24) is 25.0 Å². The molecule has 3 aromatic heterocycles. The normalized spacial score (nSPS) is 11.0. The number of nitrogens with zero attached hydrogens (tertiary/aromatic N) is 5. The molecule has 4 rings (SSSR count). The van der Waals surface area contributed by atoms with Gasteiger partial charge in [-0.1, -0.05) is 30.0 Å². The van der Waals surface area contributed by atoms with Crippen LogP contribution < -0.4 is 0 Å². The first-order chi connectivity index (χ1) is 12.7. The summed E-state index contributed by atoms with van der Waals surface area (Å²) in [6, 6.07) is 15.7. The van der Waals surface area contributed by atoms with Crippen molar-refractivity contribution in [2.45, 2.75) is 24.6 Å². The van der Waals surface area contributed by atoms with E-state index in [1.807, 2.05) is 62.4 Å². The van der Waals surface area contributed by atoms with E-state index in [0.717, 1.165) is 27.7 Å². The van der Waals surface area contributed by atoms with Gasteiger partial charge < -0.3 is 4.42 Å². The topological polar surface area (TPSA) is 69.6 Å². The molecule has 0 atom stereocenters. The molecule has 0 amide bonds. The van der Waals surface area contributed by atoms with Crippen molar-refractivity contribution in [3.05, 3.63) is 71.9 Å². The quantitative estimate of drug-likeness (QED) is 0.494. The van der Waals surface area contributed by atoms with E-state index in [1.54, 1.807) is 22.7 Å². The van der Waals surface area contributed by atoms with Crippen molar-refractivity contribution in [2.75, 3.05) is 0 Å². The van der Waals surface area contributed by atoms with Gasteiger partial charge in [0.15, 0.2) is 5.82 Å². The number of rotatable bonds is 5. The molecule has 3 heterocycles. The minimum Gasteiger partial charge on any atom is -0.444 e. The number of aromatic nitrogens is 5. The van der Waals surface area contributed by atoms with Crippen LogP contribution in [0.5, 0.6) is 0 Å². The maximum Gasteiger partial charge on any atom is 0.226 e. The van der Waals surface area contributed by atoms with Crippen LogP contribution in [-0.2, 0) is 5.75 Å². The molecule has 0 saturated carbocycles. The van der Waals surface area contributed by atoms with E-state index in [-0.39, 0.29) is 0 Å². The van der Waals surface area contributed by atoms with Gasteiger partial charge in [0.05, 0.1) is 11.4 Å². The first-order valence-corrected chi connectivity index (χ1v) is 9.17. The van der Waals surface area contributed by atoms with Gasteiger partial charge in [-0.3, -0.25) is 0 Å². The molecular weight excluding hydrogens is 346 g/mol. The molecule has 0 saturated heterocycles. The summed E-state index contributed by atoms with van der Waals surface area (Å²) in [4.78, 5) is 4.53. The Labute approximate surface area is 155 Å². The summed E-state index contributed by atoms with van der Waals surface area (Å²) in [6.45, 7) is 3.96. The van der Waals surface area contributed by atoms with Gasteiger partial charge in [0, 0.05) is 17.0 Å². The Morgan fingerprint density at radius 1 is 1.04 bits per heavy atom. The second-order valence-corrected chi connectivity index (χ2v) is 6.86. The van der Waals surface area contributed by atoms with Crippen LogP contribution in [0.15, 0.2) is 64.2 Å². The van der Waals surface area contributed by atoms with Crippen LogP contribution in [0.2, 0.25) is 0 Å². The molecule has 0 radical (unpaired) electrons. The zero-order chi connectivity index (χ0) is 17.9. The highest BCUT2D eigenvalue weighted by Crippen LogP contribution is 2.23. The van der Waals surface area contributed by atoms with Crippen molar-refractivity contribution in [3.63, 3.8) is 0 Å². The summed E-state index contributed by atoms with van der Waals surface area (Å²) in [5.74, 6) is 2.02. The van der Waals surface area contributed by atoms with Crippen LogP contribution in [0.3, 0.4) is 0 Å². The number of hydrogen-bond acceptors (Lipinski definition) is 6. The number of thioether (sulfide) groups is 1. The van der Waals surface area contributed by atoms with Crippen molar-refractivity contribution >= 4 is 11.8 Å². The second kappa shape index (κ2) is 7.13. The molecule has 26 heavy (non-hydrogen) atoms. The summed E-state index contributed by atoms with van der Waals surface area (Å²) in [5, 5.41) is 13.8. The minimum atomic E-state index is 0.632. The minimum absolute atomic E-state index is 0.632. The van der Waals surface area contributed by atoms with E-state index >= 15 is 0 Å². The zero-order valence-electron chi connectivity index (χ0n) is 14.5. The number of hydrogen-bond donors (Lipinski definition) is 0. The maximum atomic E-state index is 5.56.